The number of nitrogens with zero attached hydrogens (tertiary/aromatic N) is 2. The fourth-order valence-corrected chi connectivity index (χ4v) is 14.4. The zero-order valence-electron chi connectivity index (χ0n) is 33.9. The number of fused-ring (bicyclic) bond motifs is 12. The van der Waals surface area contributed by atoms with E-state index < -0.39 is 5.41 Å². The number of ether oxygens (including phenoxy) is 1. The predicted octanol–water partition coefficient (Wildman–Crippen LogP) is 15.6. The number of rotatable bonds is 3. The van der Waals surface area contributed by atoms with Crippen molar-refractivity contribution in [3.8, 4) is 44.9 Å². The first-order chi connectivity index (χ1) is 31.3. The van der Waals surface area contributed by atoms with E-state index in [0.29, 0.717) is 0 Å². The molecule has 0 N–H and O–H groups in total. The Morgan fingerprint density at radius 1 is 0.365 bits per heavy atom. The zero-order valence-corrected chi connectivity index (χ0v) is 34.7. The summed E-state index contributed by atoms with van der Waals surface area (Å²) < 4.78 is 7.15. The molecule has 1 spiro atoms. The normalized spacial score (nSPS) is 15.7. The molecule has 5 aliphatic rings. The van der Waals surface area contributed by atoms with Crippen LogP contribution in [-0.4, -0.2) is 0 Å². The quantitative estimate of drug-likeness (QED) is 0.165. The summed E-state index contributed by atoms with van der Waals surface area (Å²) in [6, 6.07) is 78.8. The molecule has 10 aromatic rings. The van der Waals surface area contributed by atoms with Crippen LogP contribution in [0.25, 0.3) is 44.2 Å². The number of benzene rings is 10. The van der Waals surface area contributed by atoms with Gasteiger partial charge in [0.2, 0.25) is 14.7 Å². The Morgan fingerprint density at radius 3 is 1.56 bits per heavy atom. The van der Waals surface area contributed by atoms with Crippen LogP contribution in [0.15, 0.2) is 227 Å². The van der Waals surface area contributed by atoms with E-state index in [2.05, 4.69) is 222 Å². The van der Waals surface area contributed by atoms with Gasteiger partial charge in [-0.3, -0.25) is 0 Å². The van der Waals surface area contributed by atoms with Gasteiger partial charge in [0.15, 0.2) is 11.5 Å². The van der Waals surface area contributed by atoms with Crippen molar-refractivity contribution in [1.29, 1.82) is 0 Å². The molecule has 4 heteroatoms. The monoisotopic (exact) mass is 819 g/mol. The number of hydrogen-bond acceptors (Lipinski definition) is 3. The van der Waals surface area contributed by atoms with Crippen molar-refractivity contribution >= 4 is 55.8 Å². The molecule has 63 heavy (non-hydrogen) atoms. The molecule has 0 fully saturated rings. The molecule has 2 aliphatic carbocycles. The summed E-state index contributed by atoms with van der Waals surface area (Å²) in [6.07, 6.45) is 0. The largest absolute Gasteiger partial charge is 0.447 e. The standard InChI is InChI=1S/C59H35N2OS/c1-3-15-39(16-4-1)60-49-25-13-26-50-56(49)63-57-51(60)27-14-28-53(57)62-54-35-38(34-52(58(54)63)61(50)40-17-5-2-6-18-40)36-29-31-41-37(33-36)30-32-45-44-21-9-12-24-48(44)59(55(41)45)46-22-10-7-19-42(46)43-20-8-11-23-47(43)59/h1-35H/q+1. The van der Waals surface area contributed by atoms with Crippen molar-refractivity contribution in [3.63, 3.8) is 0 Å². The molecule has 15 rings (SSSR count). The molecular weight excluding hydrogens is 785 g/mol. The predicted molar refractivity (Wildman–Crippen MR) is 257 cm³/mol. The Kier molecular flexibility index (Phi) is 6.55. The lowest BCUT2D eigenvalue weighted by Crippen LogP contribution is -2.31. The van der Waals surface area contributed by atoms with Crippen LogP contribution in [0.3, 0.4) is 0 Å². The Balaban J connectivity index is 0.962. The highest BCUT2D eigenvalue weighted by Crippen LogP contribution is 2.67. The van der Waals surface area contributed by atoms with Crippen LogP contribution >= 0.6 is 0 Å². The Labute approximate surface area is 368 Å². The van der Waals surface area contributed by atoms with Gasteiger partial charge in [0.05, 0.1) is 5.41 Å². The molecule has 0 aromatic heterocycles. The van der Waals surface area contributed by atoms with Crippen molar-refractivity contribution in [2.24, 2.45) is 0 Å². The van der Waals surface area contributed by atoms with Crippen molar-refractivity contribution in [1.82, 2.24) is 0 Å². The molecule has 0 radical (unpaired) electrons. The zero-order chi connectivity index (χ0) is 41.0. The Bertz CT molecular complexity index is 3570. The van der Waals surface area contributed by atoms with E-state index in [1.54, 1.807) is 0 Å². The SMILES string of the molecule is c1ccc(N2c3cccc4c3[S+]3c5c(cc(-c6ccc7c8c(ccc7c6)-c6ccccc6C86c7ccccc7-c7ccccc76)cc5N(c5ccccc5)c5cccc2c53)O4)cc1. The molecule has 10 aromatic carbocycles. The molecule has 0 saturated carbocycles. The molecule has 0 amide bonds. The lowest BCUT2D eigenvalue weighted by molar-refractivity contribution is 0.453. The maximum Gasteiger partial charge on any atom is 0.233 e. The van der Waals surface area contributed by atoms with Gasteiger partial charge in [-0.05, 0) is 133 Å². The van der Waals surface area contributed by atoms with E-state index in [1.165, 1.54) is 87.0 Å². The first-order valence-corrected chi connectivity index (χ1v) is 22.9. The fourth-order valence-electron chi connectivity index (χ4n) is 11.7. The summed E-state index contributed by atoms with van der Waals surface area (Å²) >= 11 is 0. The van der Waals surface area contributed by atoms with E-state index >= 15 is 0 Å². The van der Waals surface area contributed by atoms with E-state index in [0.717, 1.165) is 39.7 Å². The van der Waals surface area contributed by atoms with Crippen LogP contribution in [0, 0.1) is 0 Å². The van der Waals surface area contributed by atoms with Gasteiger partial charge in [-0.15, -0.1) is 0 Å². The van der Waals surface area contributed by atoms with Crippen LogP contribution in [0.4, 0.5) is 34.1 Å². The van der Waals surface area contributed by atoms with Gasteiger partial charge < -0.3 is 14.5 Å². The van der Waals surface area contributed by atoms with E-state index in [9.17, 15) is 0 Å². The lowest BCUT2D eigenvalue weighted by atomic mass is 9.69. The third-order valence-electron chi connectivity index (χ3n) is 14.1. The Hall–Kier alpha value is -7.79. The van der Waals surface area contributed by atoms with Gasteiger partial charge in [-0.25, -0.2) is 0 Å². The summed E-state index contributed by atoms with van der Waals surface area (Å²) in [7, 11) is -0.390. The van der Waals surface area contributed by atoms with Crippen molar-refractivity contribution < 1.29 is 4.74 Å². The van der Waals surface area contributed by atoms with Gasteiger partial charge in [-0.1, -0.05) is 146 Å². The first-order valence-electron chi connectivity index (χ1n) is 21.7. The maximum absolute atomic E-state index is 7.15. The minimum absolute atomic E-state index is 0.390. The summed E-state index contributed by atoms with van der Waals surface area (Å²) in [6.45, 7) is 0. The maximum atomic E-state index is 7.15. The van der Waals surface area contributed by atoms with Crippen LogP contribution in [0.1, 0.15) is 22.3 Å². The molecule has 0 bridgehead atoms. The van der Waals surface area contributed by atoms with Crippen molar-refractivity contribution in [2.45, 2.75) is 20.1 Å². The van der Waals surface area contributed by atoms with Crippen molar-refractivity contribution in [2.75, 3.05) is 9.80 Å². The third kappa shape index (κ3) is 4.22. The van der Waals surface area contributed by atoms with E-state index in [1.807, 2.05) is 0 Å². The Morgan fingerprint density at radius 2 is 0.905 bits per heavy atom. The van der Waals surface area contributed by atoms with Crippen molar-refractivity contribution in [3.05, 3.63) is 235 Å². The highest BCUT2D eigenvalue weighted by molar-refractivity contribution is 7.98. The molecule has 3 nitrogen and oxygen atoms in total. The molecule has 3 heterocycles. The molecule has 0 saturated heterocycles. The van der Waals surface area contributed by atoms with Gasteiger partial charge >= 0.3 is 0 Å². The topological polar surface area (TPSA) is 15.7 Å². The van der Waals surface area contributed by atoms with Crippen LogP contribution in [0.2, 0.25) is 0 Å². The number of hydrogen-bond donors (Lipinski definition) is 0. The number of anilines is 6. The summed E-state index contributed by atoms with van der Waals surface area (Å²) in [5.74, 6) is 1.85. The minimum Gasteiger partial charge on any atom is -0.447 e. The molecule has 1 atom stereocenters. The molecule has 292 valence electrons. The second-order valence-electron chi connectivity index (χ2n) is 17.1. The van der Waals surface area contributed by atoms with Crippen LogP contribution in [-0.2, 0) is 16.3 Å². The molecular formula is C59H35N2OS+. The summed E-state index contributed by atoms with van der Waals surface area (Å²) in [4.78, 5) is 8.72. The lowest BCUT2D eigenvalue weighted by Gasteiger charge is -2.40. The average Bonchev–Trinajstić information content (AvgIpc) is 3.82. The van der Waals surface area contributed by atoms with E-state index in [-0.39, 0.29) is 10.9 Å². The number of para-hydroxylation sites is 2. The molecule has 1 unspecified atom stereocenters. The smallest absolute Gasteiger partial charge is 0.233 e. The average molecular weight is 820 g/mol. The second kappa shape index (κ2) is 12.2. The van der Waals surface area contributed by atoms with Gasteiger partial charge in [0, 0.05) is 11.4 Å². The van der Waals surface area contributed by atoms with Crippen LogP contribution < -0.4 is 14.5 Å². The minimum atomic E-state index is -0.407. The van der Waals surface area contributed by atoms with E-state index in [4.69, 9.17) is 4.74 Å². The second-order valence-corrected chi connectivity index (χ2v) is 19.0. The molecule has 3 aliphatic heterocycles. The van der Waals surface area contributed by atoms with Gasteiger partial charge in [0.25, 0.3) is 0 Å². The summed E-state index contributed by atoms with van der Waals surface area (Å²) in [5.41, 5.74) is 19.7. The van der Waals surface area contributed by atoms with Gasteiger partial charge in [-0.2, -0.15) is 0 Å². The van der Waals surface area contributed by atoms with Gasteiger partial charge in [0.1, 0.15) is 33.6 Å². The fraction of sp³-hybridized carbons (Fsp3) is 0.0169. The third-order valence-corrected chi connectivity index (χ3v) is 16.6. The highest BCUT2D eigenvalue weighted by Gasteiger charge is 2.56. The highest BCUT2D eigenvalue weighted by atomic mass is 32.2. The van der Waals surface area contributed by atoms with Crippen LogP contribution in [0.5, 0.6) is 11.5 Å². The summed E-state index contributed by atoms with van der Waals surface area (Å²) in [5, 5.41) is 2.52. The first kappa shape index (κ1) is 33.9.